The van der Waals surface area contributed by atoms with Gasteiger partial charge in [-0.2, -0.15) is 4.98 Å². The molecule has 0 radical (unpaired) electrons. The number of anilines is 1. The zero-order chi connectivity index (χ0) is 12.7. The number of methoxy groups -OCH3 is 1. The van der Waals surface area contributed by atoms with Gasteiger partial charge < -0.3 is 14.8 Å². The van der Waals surface area contributed by atoms with E-state index in [4.69, 9.17) is 9.47 Å². The third kappa shape index (κ3) is 4.56. The third-order valence-corrected chi connectivity index (χ3v) is 2.30. The molecule has 5 nitrogen and oxygen atoms in total. The molecule has 0 saturated carbocycles. The van der Waals surface area contributed by atoms with Crippen LogP contribution in [0.2, 0.25) is 0 Å². The summed E-state index contributed by atoms with van der Waals surface area (Å²) < 4.78 is 10.8. The number of nitrogens with one attached hydrogen (secondary N) is 1. The average molecular weight is 239 g/mol. The highest BCUT2D eigenvalue weighted by molar-refractivity contribution is 5.37. The van der Waals surface area contributed by atoms with E-state index in [1.54, 1.807) is 13.2 Å². The Bertz CT molecular complexity index is 345. The van der Waals surface area contributed by atoms with Crippen LogP contribution in [0.5, 0.6) is 5.88 Å². The zero-order valence-corrected chi connectivity index (χ0v) is 11.0. The van der Waals surface area contributed by atoms with E-state index >= 15 is 0 Å². The van der Waals surface area contributed by atoms with Crippen LogP contribution in [0.4, 0.5) is 5.82 Å². The van der Waals surface area contributed by atoms with E-state index in [2.05, 4.69) is 22.2 Å². The van der Waals surface area contributed by atoms with Crippen molar-refractivity contribution in [2.75, 3.05) is 19.5 Å². The van der Waals surface area contributed by atoms with Crippen molar-refractivity contribution in [2.45, 2.75) is 39.4 Å². The Morgan fingerprint density at radius 1 is 1.41 bits per heavy atom. The SMILES string of the molecule is CCCC(C)Oc1cc(NC)nc(COC)n1. The summed E-state index contributed by atoms with van der Waals surface area (Å²) in [5.74, 6) is 1.96. The second kappa shape index (κ2) is 7.06. The predicted octanol–water partition coefficient (Wildman–Crippen LogP) is 2.23. The predicted molar refractivity (Wildman–Crippen MR) is 67.3 cm³/mol. The Balaban J connectivity index is 2.79. The third-order valence-electron chi connectivity index (χ3n) is 2.30. The van der Waals surface area contributed by atoms with Gasteiger partial charge in [0, 0.05) is 20.2 Å². The molecule has 0 saturated heterocycles. The van der Waals surface area contributed by atoms with Crippen LogP contribution in [0.15, 0.2) is 6.07 Å². The van der Waals surface area contributed by atoms with Gasteiger partial charge in [0.2, 0.25) is 5.88 Å². The van der Waals surface area contributed by atoms with Crippen molar-refractivity contribution in [1.82, 2.24) is 9.97 Å². The first kappa shape index (κ1) is 13.7. The second-order valence-corrected chi connectivity index (χ2v) is 3.91. The number of nitrogens with zero attached hydrogens (tertiary/aromatic N) is 2. The van der Waals surface area contributed by atoms with Crippen LogP contribution in [-0.4, -0.2) is 30.2 Å². The van der Waals surface area contributed by atoms with Gasteiger partial charge in [0.15, 0.2) is 5.82 Å². The second-order valence-electron chi connectivity index (χ2n) is 3.91. The molecule has 1 rings (SSSR count). The summed E-state index contributed by atoms with van der Waals surface area (Å²) in [6.07, 6.45) is 2.27. The zero-order valence-electron chi connectivity index (χ0n) is 11.0. The molecule has 0 aromatic carbocycles. The topological polar surface area (TPSA) is 56.3 Å². The smallest absolute Gasteiger partial charge is 0.219 e. The van der Waals surface area contributed by atoms with E-state index in [0.717, 1.165) is 18.7 Å². The summed E-state index contributed by atoms with van der Waals surface area (Å²) >= 11 is 0. The first-order valence-corrected chi connectivity index (χ1v) is 5.90. The molecule has 1 atom stereocenters. The quantitative estimate of drug-likeness (QED) is 0.790. The van der Waals surface area contributed by atoms with Crippen molar-refractivity contribution in [3.8, 4) is 5.88 Å². The maximum Gasteiger partial charge on any atom is 0.219 e. The summed E-state index contributed by atoms with van der Waals surface area (Å²) in [4.78, 5) is 8.56. The van der Waals surface area contributed by atoms with Gasteiger partial charge in [-0.3, -0.25) is 0 Å². The van der Waals surface area contributed by atoms with Crippen molar-refractivity contribution in [1.29, 1.82) is 0 Å². The van der Waals surface area contributed by atoms with Gasteiger partial charge in [-0.1, -0.05) is 13.3 Å². The molecule has 1 N–H and O–H groups in total. The molecule has 1 aromatic rings. The Morgan fingerprint density at radius 3 is 2.76 bits per heavy atom. The summed E-state index contributed by atoms with van der Waals surface area (Å²) in [5.41, 5.74) is 0. The fraction of sp³-hybridized carbons (Fsp3) is 0.667. The van der Waals surface area contributed by atoms with Crippen LogP contribution >= 0.6 is 0 Å². The van der Waals surface area contributed by atoms with Crippen molar-refractivity contribution in [3.63, 3.8) is 0 Å². The Hall–Kier alpha value is -1.36. The molecule has 1 unspecified atom stereocenters. The number of rotatable bonds is 7. The highest BCUT2D eigenvalue weighted by atomic mass is 16.5. The molecule has 0 fully saturated rings. The summed E-state index contributed by atoms with van der Waals surface area (Å²) in [6, 6.07) is 1.80. The van der Waals surface area contributed by atoms with Crippen LogP contribution in [-0.2, 0) is 11.3 Å². The number of ether oxygens (including phenoxy) is 2. The monoisotopic (exact) mass is 239 g/mol. The van der Waals surface area contributed by atoms with E-state index in [9.17, 15) is 0 Å². The van der Waals surface area contributed by atoms with Gasteiger partial charge in [0.25, 0.3) is 0 Å². The fourth-order valence-corrected chi connectivity index (χ4v) is 1.53. The molecule has 0 spiro atoms. The van der Waals surface area contributed by atoms with Crippen LogP contribution < -0.4 is 10.1 Å². The maximum absolute atomic E-state index is 5.74. The maximum atomic E-state index is 5.74. The molecule has 0 aliphatic carbocycles. The molecule has 0 bridgehead atoms. The number of hydrogen-bond acceptors (Lipinski definition) is 5. The summed E-state index contributed by atoms with van der Waals surface area (Å²) in [7, 11) is 3.44. The van der Waals surface area contributed by atoms with Crippen LogP contribution in [0, 0.1) is 0 Å². The standard InChI is InChI=1S/C12H21N3O2/c1-5-6-9(2)17-12-7-10(13-3)14-11(15-12)8-16-4/h7,9H,5-6,8H2,1-4H3,(H,13,14,15). The van der Waals surface area contributed by atoms with Gasteiger partial charge in [0.1, 0.15) is 12.4 Å². The van der Waals surface area contributed by atoms with Gasteiger partial charge in [-0.05, 0) is 13.3 Å². The van der Waals surface area contributed by atoms with Gasteiger partial charge in [0.05, 0.1) is 6.10 Å². The van der Waals surface area contributed by atoms with Crippen LogP contribution in [0.1, 0.15) is 32.5 Å². The lowest BCUT2D eigenvalue weighted by Gasteiger charge is -2.14. The molecule has 17 heavy (non-hydrogen) atoms. The summed E-state index contributed by atoms with van der Waals surface area (Å²) in [6.45, 7) is 4.56. The minimum atomic E-state index is 0.162. The lowest BCUT2D eigenvalue weighted by atomic mass is 10.2. The molecular formula is C12H21N3O2. The molecule has 96 valence electrons. The Labute approximate surface area is 103 Å². The minimum absolute atomic E-state index is 0.162. The molecule has 1 aromatic heterocycles. The molecule has 0 aliphatic rings. The molecule has 0 aliphatic heterocycles. The first-order chi connectivity index (χ1) is 8.19. The lowest BCUT2D eigenvalue weighted by molar-refractivity contribution is 0.171. The van der Waals surface area contributed by atoms with Crippen LogP contribution in [0.3, 0.4) is 0 Å². The summed E-state index contributed by atoms with van der Waals surface area (Å²) in [5, 5.41) is 2.98. The van der Waals surface area contributed by atoms with E-state index in [1.165, 1.54) is 0 Å². The number of aromatic nitrogens is 2. The van der Waals surface area contributed by atoms with Crippen molar-refractivity contribution >= 4 is 5.82 Å². The molecule has 0 amide bonds. The molecule has 5 heteroatoms. The van der Waals surface area contributed by atoms with E-state index in [0.29, 0.717) is 18.3 Å². The van der Waals surface area contributed by atoms with E-state index < -0.39 is 0 Å². The fourth-order valence-electron chi connectivity index (χ4n) is 1.53. The molecule has 1 heterocycles. The Morgan fingerprint density at radius 2 is 2.18 bits per heavy atom. The number of hydrogen-bond donors (Lipinski definition) is 1. The van der Waals surface area contributed by atoms with Gasteiger partial charge >= 0.3 is 0 Å². The van der Waals surface area contributed by atoms with Crippen molar-refractivity contribution < 1.29 is 9.47 Å². The highest BCUT2D eigenvalue weighted by Gasteiger charge is 2.08. The van der Waals surface area contributed by atoms with Gasteiger partial charge in [-0.25, -0.2) is 4.98 Å². The van der Waals surface area contributed by atoms with Crippen molar-refractivity contribution in [2.24, 2.45) is 0 Å². The largest absolute Gasteiger partial charge is 0.475 e. The van der Waals surface area contributed by atoms with Gasteiger partial charge in [-0.15, -0.1) is 0 Å². The van der Waals surface area contributed by atoms with E-state index in [-0.39, 0.29) is 6.10 Å². The Kier molecular flexibility index (Phi) is 5.69. The minimum Gasteiger partial charge on any atom is -0.475 e. The van der Waals surface area contributed by atoms with Crippen molar-refractivity contribution in [3.05, 3.63) is 11.9 Å². The lowest BCUT2D eigenvalue weighted by Crippen LogP contribution is -2.13. The normalized spacial score (nSPS) is 12.2. The van der Waals surface area contributed by atoms with E-state index in [1.807, 2.05) is 14.0 Å². The first-order valence-electron chi connectivity index (χ1n) is 5.90. The molecular weight excluding hydrogens is 218 g/mol. The average Bonchev–Trinajstić information content (AvgIpc) is 2.29. The van der Waals surface area contributed by atoms with Crippen LogP contribution in [0.25, 0.3) is 0 Å². The highest BCUT2D eigenvalue weighted by Crippen LogP contribution is 2.16.